The monoisotopic (exact) mass is 435 g/mol. The van der Waals surface area contributed by atoms with Gasteiger partial charge in [-0.1, -0.05) is 11.6 Å². The fourth-order valence-electron chi connectivity index (χ4n) is 3.91. The van der Waals surface area contributed by atoms with Crippen molar-refractivity contribution < 1.29 is 13.9 Å². The molecule has 0 bridgehead atoms. The van der Waals surface area contributed by atoms with Crippen LogP contribution in [0.4, 0.5) is 0 Å². The zero-order chi connectivity index (χ0) is 21.3. The van der Waals surface area contributed by atoms with Gasteiger partial charge >= 0.3 is 0 Å². The molecular formula is C23H34ClN3O3. The number of likely N-dealkylation sites (tertiary alicyclic amines) is 1. The summed E-state index contributed by atoms with van der Waals surface area (Å²) in [6, 6.07) is 7.61. The predicted molar refractivity (Wildman–Crippen MR) is 120 cm³/mol. The van der Waals surface area contributed by atoms with Gasteiger partial charge in [0.15, 0.2) is 6.29 Å². The van der Waals surface area contributed by atoms with Crippen molar-refractivity contribution >= 4 is 11.6 Å². The minimum absolute atomic E-state index is 0.163. The molecule has 1 aromatic heterocycles. The quantitative estimate of drug-likeness (QED) is 0.524. The van der Waals surface area contributed by atoms with Crippen LogP contribution in [0.2, 0.25) is 5.02 Å². The Bertz CT molecular complexity index is 760. The molecule has 1 saturated heterocycles. The van der Waals surface area contributed by atoms with E-state index in [4.69, 9.17) is 30.5 Å². The minimum Gasteiger partial charge on any atom is -0.441 e. The van der Waals surface area contributed by atoms with Crippen molar-refractivity contribution in [2.45, 2.75) is 46.4 Å². The molecule has 0 radical (unpaired) electrons. The van der Waals surface area contributed by atoms with Gasteiger partial charge < -0.3 is 19.2 Å². The summed E-state index contributed by atoms with van der Waals surface area (Å²) in [6.45, 7) is 12.0. The molecule has 0 spiro atoms. The number of oxazole rings is 1. The standard InChI is InChI=1S/C23H34ClN3O3/c1-4-28-22(29-5-2)14-25-13-18-7-6-12-27(15-18)16-21-17(3)30-23(26-21)19-8-10-20(24)11-9-19/h8-11,18,22,25H,4-7,12-16H2,1-3H3. The summed E-state index contributed by atoms with van der Waals surface area (Å²) in [7, 11) is 0. The summed E-state index contributed by atoms with van der Waals surface area (Å²) in [5.74, 6) is 2.16. The van der Waals surface area contributed by atoms with Crippen LogP contribution in [-0.4, -0.2) is 55.6 Å². The fraction of sp³-hybridized carbons (Fsp3) is 0.609. The van der Waals surface area contributed by atoms with Gasteiger partial charge in [0.05, 0.1) is 5.69 Å². The zero-order valence-corrected chi connectivity index (χ0v) is 19.1. The lowest BCUT2D eigenvalue weighted by molar-refractivity contribution is -0.133. The molecule has 1 aliphatic heterocycles. The summed E-state index contributed by atoms with van der Waals surface area (Å²) in [5.41, 5.74) is 1.97. The van der Waals surface area contributed by atoms with Crippen molar-refractivity contribution in [2.24, 2.45) is 5.92 Å². The second-order valence-corrected chi connectivity index (χ2v) is 8.21. The Balaban J connectivity index is 1.50. The number of hydrogen-bond acceptors (Lipinski definition) is 6. The third-order valence-corrected chi connectivity index (χ3v) is 5.66. The van der Waals surface area contributed by atoms with Crippen molar-refractivity contribution in [3.63, 3.8) is 0 Å². The number of halogens is 1. The third kappa shape index (κ3) is 6.79. The van der Waals surface area contributed by atoms with E-state index in [9.17, 15) is 0 Å². The second-order valence-electron chi connectivity index (χ2n) is 7.77. The Labute approximate surface area is 184 Å². The van der Waals surface area contributed by atoms with E-state index in [1.54, 1.807) is 0 Å². The highest BCUT2D eigenvalue weighted by molar-refractivity contribution is 6.30. The Kier molecular flexibility index (Phi) is 9.15. The lowest BCUT2D eigenvalue weighted by atomic mass is 9.98. The first-order valence-electron chi connectivity index (χ1n) is 11.0. The first-order chi connectivity index (χ1) is 14.6. The number of nitrogens with zero attached hydrogens (tertiary/aromatic N) is 2. The van der Waals surface area contributed by atoms with Crippen LogP contribution in [0.15, 0.2) is 28.7 Å². The van der Waals surface area contributed by atoms with Crippen LogP contribution >= 0.6 is 11.6 Å². The molecule has 166 valence electrons. The highest BCUT2D eigenvalue weighted by atomic mass is 35.5. The van der Waals surface area contributed by atoms with Crippen molar-refractivity contribution in [3.8, 4) is 11.5 Å². The molecule has 30 heavy (non-hydrogen) atoms. The molecule has 2 heterocycles. The number of rotatable bonds is 11. The number of benzene rings is 1. The third-order valence-electron chi connectivity index (χ3n) is 5.41. The topological polar surface area (TPSA) is 59.8 Å². The molecule has 0 saturated carbocycles. The molecule has 1 aliphatic rings. The molecule has 2 aromatic rings. The van der Waals surface area contributed by atoms with Gasteiger partial charge in [-0.05, 0) is 76.9 Å². The molecule has 0 aliphatic carbocycles. The zero-order valence-electron chi connectivity index (χ0n) is 18.3. The number of nitrogens with one attached hydrogen (secondary N) is 1. The maximum Gasteiger partial charge on any atom is 0.226 e. The van der Waals surface area contributed by atoms with Crippen LogP contribution in [0.3, 0.4) is 0 Å². The molecule has 1 atom stereocenters. The number of aromatic nitrogens is 1. The van der Waals surface area contributed by atoms with Crippen molar-refractivity contribution in [1.82, 2.24) is 15.2 Å². The van der Waals surface area contributed by atoms with Crippen LogP contribution in [0.25, 0.3) is 11.5 Å². The molecule has 1 N–H and O–H groups in total. The summed E-state index contributed by atoms with van der Waals surface area (Å²) < 4.78 is 17.1. The van der Waals surface area contributed by atoms with Crippen LogP contribution < -0.4 is 5.32 Å². The molecule has 1 fully saturated rings. The van der Waals surface area contributed by atoms with E-state index in [1.807, 2.05) is 45.0 Å². The number of aryl methyl sites for hydroxylation is 1. The van der Waals surface area contributed by atoms with Crippen molar-refractivity contribution in [1.29, 1.82) is 0 Å². The number of piperidine rings is 1. The van der Waals surface area contributed by atoms with Gasteiger partial charge in [-0.15, -0.1) is 0 Å². The smallest absolute Gasteiger partial charge is 0.226 e. The van der Waals surface area contributed by atoms with Crippen LogP contribution in [0, 0.1) is 12.8 Å². The summed E-state index contributed by atoms with van der Waals surface area (Å²) in [4.78, 5) is 7.24. The van der Waals surface area contributed by atoms with E-state index < -0.39 is 0 Å². The van der Waals surface area contributed by atoms with E-state index in [1.165, 1.54) is 12.8 Å². The molecule has 7 heteroatoms. The van der Waals surface area contributed by atoms with Gasteiger partial charge in [0.2, 0.25) is 5.89 Å². The van der Waals surface area contributed by atoms with Crippen LogP contribution in [0.5, 0.6) is 0 Å². The minimum atomic E-state index is -0.163. The maximum atomic E-state index is 5.99. The predicted octanol–water partition coefficient (Wildman–Crippen LogP) is 4.50. The van der Waals surface area contributed by atoms with E-state index >= 15 is 0 Å². The van der Waals surface area contributed by atoms with Crippen LogP contribution in [-0.2, 0) is 16.0 Å². The lowest BCUT2D eigenvalue weighted by Gasteiger charge is -2.32. The van der Waals surface area contributed by atoms with E-state index in [0.717, 1.165) is 49.7 Å². The Morgan fingerprint density at radius 2 is 1.97 bits per heavy atom. The Morgan fingerprint density at radius 1 is 1.23 bits per heavy atom. The normalized spacial score (nSPS) is 17.7. The summed E-state index contributed by atoms with van der Waals surface area (Å²) >= 11 is 5.99. The molecule has 0 amide bonds. The van der Waals surface area contributed by atoms with Gasteiger partial charge in [-0.2, -0.15) is 0 Å². The average Bonchev–Trinajstić information content (AvgIpc) is 3.09. The van der Waals surface area contributed by atoms with Crippen molar-refractivity contribution in [3.05, 3.63) is 40.7 Å². The average molecular weight is 436 g/mol. The van der Waals surface area contributed by atoms with Gasteiger partial charge in [-0.25, -0.2) is 4.98 Å². The molecular weight excluding hydrogens is 402 g/mol. The Hall–Kier alpha value is -1.44. The van der Waals surface area contributed by atoms with E-state index in [2.05, 4.69) is 10.2 Å². The number of hydrogen-bond donors (Lipinski definition) is 1. The number of ether oxygens (including phenoxy) is 2. The fourth-order valence-corrected chi connectivity index (χ4v) is 4.03. The van der Waals surface area contributed by atoms with Gasteiger partial charge in [0.25, 0.3) is 0 Å². The molecule has 3 rings (SSSR count). The first-order valence-corrected chi connectivity index (χ1v) is 11.3. The van der Waals surface area contributed by atoms with Crippen LogP contribution in [0.1, 0.15) is 38.1 Å². The van der Waals surface area contributed by atoms with E-state index in [-0.39, 0.29) is 6.29 Å². The largest absolute Gasteiger partial charge is 0.441 e. The second kappa shape index (κ2) is 11.8. The van der Waals surface area contributed by atoms with E-state index in [0.29, 0.717) is 30.0 Å². The Morgan fingerprint density at radius 3 is 2.67 bits per heavy atom. The van der Waals surface area contributed by atoms with Gasteiger partial charge in [0.1, 0.15) is 5.76 Å². The molecule has 1 aromatic carbocycles. The summed E-state index contributed by atoms with van der Waals surface area (Å²) in [5, 5.41) is 4.24. The van der Waals surface area contributed by atoms with Gasteiger partial charge in [-0.3, -0.25) is 4.90 Å². The highest BCUT2D eigenvalue weighted by Gasteiger charge is 2.22. The lowest BCUT2D eigenvalue weighted by Crippen LogP contribution is -2.41. The summed E-state index contributed by atoms with van der Waals surface area (Å²) in [6.07, 6.45) is 2.28. The van der Waals surface area contributed by atoms with Gasteiger partial charge in [0, 0.05) is 43.4 Å². The molecule has 6 nitrogen and oxygen atoms in total. The highest BCUT2D eigenvalue weighted by Crippen LogP contribution is 2.25. The SMILES string of the molecule is CCOC(CNCC1CCCN(Cc2nc(-c3ccc(Cl)cc3)oc2C)C1)OCC. The maximum absolute atomic E-state index is 5.99. The van der Waals surface area contributed by atoms with Crippen molar-refractivity contribution in [2.75, 3.05) is 39.4 Å². The first kappa shape index (κ1) is 23.2. The molecule has 1 unspecified atom stereocenters.